The summed E-state index contributed by atoms with van der Waals surface area (Å²) in [7, 11) is 0. The molecule has 0 saturated carbocycles. The second kappa shape index (κ2) is 7.08. The first-order valence-corrected chi connectivity index (χ1v) is 8.39. The van der Waals surface area contributed by atoms with Crippen molar-refractivity contribution in [3.8, 4) is 11.3 Å². The lowest BCUT2D eigenvalue weighted by Gasteiger charge is -2.00. The van der Waals surface area contributed by atoms with E-state index in [-0.39, 0.29) is 0 Å². The fourth-order valence-electron chi connectivity index (χ4n) is 1.88. The molecule has 3 rings (SSSR count). The number of aromatic nitrogens is 2. The zero-order valence-electron chi connectivity index (χ0n) is 12.1. The molecule has 0 amide bonds. The van der Waals surface area contributed by atoms with Gasteiger partial charge in [-0.05, 0) is 31.2 Å². The van der Waals surface area contributed by atoms with Gasteiger partial charge in [0.05, 0.1) is 27.1 Å². The van der Waals surface area contributed by atoms with Gasteiger partial charge in [-0.2, -0.15) is 5.10 Å². The molecule has 2 aromatic heterocycles. The highest BCUT2D eigenvalue weighted by Crippen LogP contribution is 2.30. The van der Waals surface area contributed by atoms with Crippen LogP contribution in [0, 0.1) is 0 Å². The van der Waals surface area contributed by atoms with E-state index in [2.05, 4.69) is 20.5 Å². The lowest BCUT2D eigenvalue weighted by molar-refractivity contribution is 1.23. The molecule has 0 aliphatic heterocycles. The number of benzene rings is 1. The molecule has 23 heavy (non-hydrogen) atoms. The fraction of sp³-hybridized carbons (Fsp3) is 0.0625. The van der Waals surface area contributed by atoms with Crippen LogP contribution in [0.1, 0.15) is 12.6 Å². The molecule has 3 aromatic rings. The second-order valence-electron chi connectivity index (χ2n) is 4.69. The number of hydrazone groups is 1. The number of pyridine rings is 1. The summed E-state index contributed by atoms with van der Waals surface area (Å²) in [6.07, 6.45) is 1.74. The largest absolute Gasteiger partial charge is 0.255 e. The Hall–Kier alpha value is -1.95. The average molecular weight is 363 g/mol. The minimum Gasteiger partial charge on any atom is -0.255 e. The quantitative estimate of drug-likeness (QED) is 0.502. The molecule has 116 valence electrons. The van der Waals surface area contributed by atoms with E-state index in [1.54, 1.807) is 18.3 Å². The van der Waals surface area contributed by atoms with Gasteiger partial charge in [-0.3, -0.25) is 10.4 Å². The van der Waals surface area contributed by atoms with Crippen molar-refractivity contribution in [2.75, 3.05) is 5.43 Å². The third-order valence-corrected chi connectivity index (χ3v) is 4.56. The maximum absolute atomic E-state index is 6.04. The monoisotopic (exact) mass is 362 g/mol. The number of hydrogen-bond acceptors (Lipinski definition) is 5. The van der Waals surface area contributed by atoms with E-state index in [9.17, 15) is 0 Å². The molecule has 2 heterocycles. The van der Waals surface area contributed by atoms with Crippen LogP contribution in [-0.4, -0.2) is 15.7 Å². The van der Waals surface area contributed by atoms with Crippen LogP contribution in [0.3, 0.4) is 0 Å². The van der Waals surface area contributed by atoms with Gasteiger partial charge >= 0.3 is 0 Å². The maximum atomic E-state index is 6.04. The molecule has 0 saturated heterocycles. The normalized spacial score (nSPS) is 11.5. The zero-order chi connectivity index (χ0) is 16.2. The Morgan fingerprint density at radius 2 is 2.04 bits per heavy atom. The molecule has 0 atom stereocenters. The Morgan fingerprint density at radius 3 is 2.78 bits per heavy atom. The number of anilines is 1. The summed E-state index contributed by atoms with van der Waals surface area (Å²) in [4.78, 5) is 8.74. The number of nitrogens with one attached hydrogen (secondary N) is 1. The molecule has 4 nitrogen and oxygen atoms in total. The van der Waals surface area contributed by atoms with Crippen LogP contribution < -0.4 is 5.43 Å². The molecule has 0 bridgehead atoms. The van der Waals surface area contributed by atoms with Crippen molar-refractivity contribution in [2.24, 2.45) is 5.10 Å². The van der Waals surface area contributed by atoms with E-state index in [4.69, 9.17) is 23.2 Å². The summed E-state index contributed by atoms with van der Waals surface area (Å²) in [6, 6.07) is 11.1. The number of hydrogen-bond donors (Lipinski definition) is 1. The van der Waals surface area contributed by atoms with E-state index < -0.39 is 0 Å². The Labute approximate surface area is 147 Å². The summed E-state index contributed by atoms with van der Waals surface area (Å²) >= 11 is 13.4. The average Bonchev–Trinajstić information content (AvgIpc) is 3.05. The highest BCUT2D eigenvalue weighted by Gasteiger charge is 2.07. The highest BCUT2D eigenvalue weighted by molar-refractivity contribution is 7.14. The first kappa shape index (κ1) is 15.9. The van der Waals surface area contributed by atoms with Gasteiger partial charge in [0, 0.05) is 17.1 Å². The first-order valence-electron chi connectivity index (χ1n) is 6.76. The standard InChI is InChI=1S/C16H12Cl2N4S/c1-10(14-4-2-3-7-19-14)21-22-16-20-15(9-23-16)11-5-6-12(17)13(18)8-11/h2-9H,1H3,(H,20,22)/b21-10-. The SMILES string of the molecule is C/C(=N/Nc1nc(-c2ccc(Cl)c(Cl)c2)cs1)c1ccccn1. The fourth-order valence-corrected chi connectivity index (χ4v) is 2.84. The van der Waals surface area contributed by atoms with Crippen LogP contribution in [-0.2, 0) is 0 Å². The van der Waals surface area contributed by atoms with Gasteiger partial charge in [-0.25, -0.2) is 4.98 Å². The van der Waals surface area contributed by atoms with Gasteiger partial charge in [-0.15, -0.1) is 11.3 Å². The van der Waals surface area contributed by atoms with Crippen molar-refractivity contribution < 1.29 is 0 Å². The number of rotatable bonds is 4. The third-order valence-electron chi connectivity index (χ3n) is 3.07. The van der Waals surface area contributed by atoms with E-state index >= 15 is 0 Å². The van der Waals surface area contributed by atoms with Crippen molar-refractivity contribution in [3.05, 3.63) is 63.7 Å². The first-order chi connectivity index (χ1) is 11.1. The molecular weight excluding hydrogens is 351 g/mol. The Bertz CT molecular complexity index is 846. The maximum Gasteiger partial charge on any atom is 0.203 e. The molecule has 7 heteroatoms. The summed E-state index contributed by atoms with van der Waals surface area (Å²) in [5.41, 5.74) is 6.30. The van der Waals surface area contributed by atoms with Crippen LogP contribution in [0.4, 0.5) is 5.13 Å². The molecule has 0 aliphatic carbocycles. The van der Waals surface area contributed by atoms with Gasteiger partial charge in [0.25, 0.3) is 0 Å². The summed E-state index contributed by atoms with van der Waals surface area (Å²) in [6.45, 7) is 1.89. The van der Waals surface area contributed by atoms with Crippen LogP contribution in [0.5, 0.6) is 0 Å². The minimum absolute atomic E-state index is 0.510. The molecule has 0 radical (unpaired) electrons. The molecular formula is C16H12Cl2N4S. The molecule has 0 aliphatic rings. The Balaban J connectivity index is 1.76. The highest BCUT2D eigenvalue weighted by atomic mass is 35.5. The van der Waals surface area contributed by atoms with Crippen molar-refractivity contribution in [1.82, 2.24) is 9.97 Å². The van der Waals surface area contributed by atoms with Gasteiger partial charge in [0.15, 0.2) is 0 Å². The van der Waals surface area contributed by atoms with Crippen molar-refractivity contribution in [2.45, 2.75) is 6.92 Å². The van der Waals surface area contributed by atoms with Gasteiger partial charge in [0.1, 0.15) is 0 Å². The smallest absolute Gasteiger partial charge is 0.203 e. The van der Waals surface area contributed by atoms with E-state index in [1.165, 1.54) is 11.3 Å². The predicted octanol–water partition coefficient (Wildman–Crippen LogP) is 5.35. The zero-order valence-corrected chi connectivity index (χ0v) is 14.5. The predicted molar refractivity (Wildman–Crippen MR) is 97.6 cm³/mol. The van der Waals surface area contributed by atoms with Crippen LogP contribution in [0.15, 0.2) is 53.1 Å². The lowest BCUT2D eigenvalue weighted by atomic mass is 10.2. The van der Waals surface area contributed by atoms with E-state index in [0.29, 0.717) is 15.2 Å². The molecule has 1 N–H and O–H groups in total. The lowest BCUT2D eigenvalue weighted by Crippen LogP contribution is -2.01. The van der Waals surface area contributed by atoms with Gasteiger partial charge < -0.3 is 0 Å². The van der Waals surface area contributed by atoms with Crippen LogP contribution >= 0.6 is 34.5 Å². The molecule has 0 spiro atoms. The molecule has 0 fully saturated rings. The van der Waals surface area contributed by atoms with E-state index in [1.807, 2.05) is 36.6 Å². The van der Waals surface area contributed by atoms with Crippen molar-refractivity contribution in [3.63, 3.8) is 0 Å². The minimum atomic E-state index is 0.510. The van der Waals surface area contributed by atoms with Crippen LogP contribution in [0.25, 0.3) is 11.3 Å². The van der Waals surface area contributed by atoms with Gasteiger partial charge in [0.2, 0.25) is 5.13 Å². The molecule has 1 aromatic carbocycles. The number of thiazole rings is 1. The summed E-state index contributed by atoms with van der Waals surface area (Å²) in [5, 5.41) is 7.98. The third kappa shape index (κ3) is 3.88. The van der Waals surface area contributed by atoms with Crippen LogP contribution in [0.2, 0.25) is 10.0 Å². The Kier molecular flexibility index (Phi) is 4.91. The Morgan fingerprint density at radius 1 is 1.17 bits per heavy atom. The van der Waals surface area contributed by atoms with Crippen molar-refractivity contribution in [1.29, 1.82) is 0 Å². The second-order valence-corrected chi connectivity index (χ2v) is 6.36. The molecule has 0 unspecified atom stereocenters. The van der Waals surface area contributed by atoms with Crippen molar-refractivity contribution >= 4 is 45.4 Å². The summed E-state index contributed by atoms with van der Waals surface area (Å²) in [5.74, 6) is 0. The van der Waals surface area contributed by atoms with Gasteiger partial charge in [-0.1, -0.05) is 35.3 Å². The number of nitrogens with zero attached hydrogens (tertiary/aromatic N) is 3. The topological polar surface area (TPSA) is 50.2 Å². The van der Waals surface area contributed by atoms with E-state index in [0.717, 1.165) is 22.7 Å². The number of halogens is 2. The summed E-state index contributed by atoms with van der Waals surface area (Å²) < 4.78 is 0.